The van der Waals surface area contributed by atoms with Gasteiger partial charge < -0.3 is 9.47 Å². The minimum absolute atomic E-state index is 0.111. The Labute approximate surface area is 152 Å². The lowest BCUT2D eigenvalue weighted by Gasteiger charge is -2.13. The third kappa shape index (κ3) is 4.86. The zero-order chi connectivity index (χ0) is 20.4. The van der Waals surface area contributed by atoms with Gasteiger partial charge in [0.2, 0.25) is 0 Å². The maximum Gasteiger partial charge on any atom is 0.402 e. The zero-order valence-corrected chi connectivity index (χ0v) is 14.8. The van der Waals surface area contributed by atoms with E-state index in [-0.39, 0.29) is 16.9 Å². The summed E-state index contributed by atoms with van der Waals surface area (Å²) in [7, 11) is -5.69. The molecule has 7 nitrogen and oxygen atoms in total. The molecule has 0 saturated heterocycles. The van der Waals surface area contributed by atoms with Crippen molar-refractivity contribution in [1.82, 2.24) is 0 Å². The summed E-state index contributed by atoms with van der Waals surface area (Å²) >= 11 is 0. The van der Waals surface area contributed by atoms with Crippen LogP contribution in [0.15, 0.2) is 48.6 Å². The van der Waals surface area contributed by atoms with Crippen molar-refractivity contribution in [3.8, 4) is 5.75 Å². The lowest BCUT2D eigenvalue weighted by molar-refractivity contribution is -0.130. The van der Waals surface area contributed by atoms with Gasteiger partial charge in [-0.05, 0) is 42.0 Å². The smallest absolute Gasteiger partial charge is 0.402 e. The third-order valence-corrected chi connectivity index (χ3v) is 4.23. The number of hydrogen-bond acceptors (Lipinski definition) is 6. The molecule has 2 aromatic carbocycles. The van der Waals surface area contributed by atoms with Crippen molar-refractivity contribution in [3.63, 3.8) is 0 Å². The molecule has 2 aromatic rings. The largest absolute Gasteiger partial charge is 0.454 e. The molecule has 2 rings (SSSR count). The summed E-state index contributed by atoms with van der Waals surface area (Å²) in [4.78, 5) is 23.3. The molecule has 0 aliphatic rings. The Kier molecular flexibility index (Phi) is 5.62. The highest BCUT2D eigenvalue weighted by molar-refractivity contribution is 7.86. The van der Waals surface area contributed by atoms with Crippen LogP contribution in [0.3, 0.4) is 0 Å². The number of ether oxygens (including phenoxy) is 2. The molecule has 0 unspecified atom stereocenters. The Hall–Kier alpha value is -2.85. The van der Waals surface area contributed by atoms with Crippen LogP contribution < -0.4 is 4.74 Å². The van der Waals surface area contributed by atoms with Crippen LogP contribution in [0.5, 0.6) is 5.75 Å². The first-order valence-electron chi connectivity index (χ1n) is 7.34. The number of halogens is 2. The van der Waals surface area contributed by atoms with E-state index in [1.165, 1.54) is 43.3 Å². The van der Waals surface area contributed by atoms with Gasteiger partial charge >= 0.3 is 27.3 Å². The molecule has 0 fully saturated rings. The van der Waals surface area contributed by atoms with Crippen molar-refractivity contribution in [2.24, 2.45) is 0 Å². The van der Waals surface area contributed by atoms with Crippen LogP contribution in [0.4, 0.5) is 8.78 Å². The quantitative estimate of drug-likeness (QED) is 0.344. The van der Waals surface area contributed by atoms with Crippen LogP contribution in [0.2, 0.25) is 0 Å². The predicted molar refractivity (Wildman–Crippen MR) is 91.2 cm³/mol. The van der Waals surface area contributed by atoms with E-state index in [2.05, 4.69) is 11.3 Å². The van der Waals surface area contributed by atoms with Crippen molar-refractivity contribution in [2.75, 3.05) is 6.61 Å². The zero-order valence-electron chi connectivity index (χ0n) is 13.9. The number of alkyl halides is 2. The number of fused-ring (bicyclic) bond motifs is 1. The molecule has 1 N–H and O–H groups in total. The first-order valence-corrected chi connectivity index (χ1v) is 8.78. The van der Waals surface area contributed by atoms with E-state index in [4.69, 9.17) is 9.29 Å². The fraction of sp³-hybridized carbons (Fsp3) is 0.176. The van der Waals surface area contributed by atoms with E-state index in [1.807, 2.05) is 0 Å². The summed E-state index contributed by atoms with van der Waals surface area (Å²) in [6.07, 6.45) is 0. The summed E-state index contributed by atoms with van der Waals surface area (Å²) in [5.41, 5.74) is 0.107. The highest BCUT2D eigenvalue weighted by Crippen LogP contribution is 2.24. The van der Waals surface area contributed by atoms with E-state index in [9.17, 15) is 26.8 Å². The van der Waals surface area contributed by atoms with Crippen LogP contribution in [-0.2, 0) is 19.6 Å². The minimum atomic E-state index is -5.69. The van der Waals surface area contributed by atoms with Crippen molar-refractivity contribution in [2.45, 2.75) is 12.2 Å². The van der Waals surface area contributed by atoms with Crippen LogP contribution in [0.25, 0.3) is 10.8 Å². The molecule has 0 radical (unpaired) electrons. The predicted octanol–water partition coefficient (Wildman–Crippen LogP) is 2.96. The first-order chi connectivity index (χ1) is 12.4. The average Bonchev–Trinajstić information content (AvgIpc) is 2.58. The topological polar surface area (TPSA) is 107 Å². The molecule has 0 aromatic heterocycles. The molecule has 0 spiro atoms. The van der Waals surface area contributed by atoms with Crippen LogP contribution in [-0.4, -0.2) is 36.8 Å². The second kappa shape index (κ2) is 7.41. The van der Waals surface area contributed by atoms with Gasteiger partial charge in [-0.25, -0.2) is 9.59 Å². The fourth-order valence-electron chi connectivity index (χ4n) is 1.92. The highest BCUT2D eigenvalue weighted by Gasteiger charge is 2.45. The van der Waals surface area contributed by atoms with Crippen molar-refractivity contribution in [3.05, 3.63) is 54.1 Å². The second-order valence-electron chi connectivity index (χ2n) is 5.58. The van der Waals surface area contributed by atoms with Crippen LogP contribution in [0.1, 0.15) is 17.3 Å². The van der Waals surface area contributed by atoms with Gasteiger partial charge in [0, 0.05) is 5.57 Å². The minimum Gasteiger partial charge on any atom is -0.454 e. The summed E-state index contributed by atoms with van der Waals surface area (Å²) in [6, 6.07) is 8.57. The fourth-order valence-corrected chi connectivity index (χ4v) is 2.12. The number of esters is 2. The molecular weight excluding hydrogens is 386 g/mol. The Morgan fingerprint density at radius 2 is 1.74 bits per heavy atom. The highest BCUT2D eigenvalue weighted by atomic mass is 32.2. The number of hydrogen-bond donors (Lipinski definition) is 1. The maximum absolute atomic E-state index is 13.1. The van der Waals surface area contributed by atoms with Gasteiger partial charge in [-0.15, -0.1) is 0 Å². The Bertz CT molecular complexity index is 1030. The van der Waals surface area contributed by atoms with Gasteiger partial charge in [0.05, 0.1) is 5.56 Å². The standard InChI is InChI=1S/C17H14F2O7S/c1-10(2)15(20)26-14-6-5-11-7-13(4-3-12(11)8-14)16(21)25-9-17(18,19)27(22,23)24/h3-8H,1,9H2,2H3,(H,22,23,24). The molecule has 0 saturated carbocycles. The van der Waals surface area contributed by atoms with Crippen molar-refractivity contribution >= 4 is 32.8 Å². The van der Waals surface area contributed by atoms with E-state index in [0.717, 1.165) is 0 Å². The molecule has 144 valence electrons. The molecule has 0 aliphatic carbocycles. The molecule has 0 heterocycles. The van der Waals surface area contributed by atoms with Gasteiger partial charge in [0.1, 0.15) is 5.75 Å². The average molecular weight is 400 g/mol. The van der Waals surface area contributed by atoms with Crippen LogP contribution >= 0.6 is 0 Å². The monoisotopic (exact) mass is 400 g/mol. The van der Waals surface area contributed by atoms with Crippen molar-refractivity contribution in [1.29, 1.82) is 0 Å². The van der Waals surface area contributed by atoms with Gasteiger partial charge in [-0.2, -0.15) is 17.2 Å². The molecule has 0 aliphatic heterocycles. The van der Waals surface area contributed by atoms with E-state index < -0.39 is 33.9 Å². The number of carbonyl (C=O) groups is 2. The molecule has 27 heavy (non-hydrogen) atoms. The number of benzene rings is 2. The second-order valence-corrected chi connectivity index (χ2v) is 7.13. The SMILES string of the molecule is C=C(C)C(=O)Oc1ccc2cc(C(=O)OCC(F)(F)S(=O)(=O)O)ccc2c1. The third-order valence-electron chi connectivity index (χ3n) is 3.36. The van der Waals surface area contributed by atoms with Gasteiger partial charge in [0.25, 0.3) is 0 Å². The Morgan fingerprint density at radius 1 is 1.15 bits per heavy atom. The normalized spacial score (nSPS) is 11.9. The molecule has 0 atom stereocenters. The molecular formula is C17H14F2O7S. The Morgan fingerprint density at radius 3 is 2.33 bits per heavy atom. The van der Waals surface area contributed by atoms with Crippen molar-refractivity contribution < 1.29 is 40.8 Å². The Balaban J connectivity index is 2.17. The van der Waals surface area contributed by atoms with Gasteiger partial charge in [-0.3, -0.25) is 4.55 Å². The summed E-state index contributed by atoms with van der Waals surface area (Å²) in [5.74, 6) is -1.55. The maximum atomic E-state index is 13.1. The van der Waals surface area contributed by atoms with Gasteiger partial charge in [0.15, 0.2) is 6.61 Å². The molecule has 0 bridgehead atoms. The number of rotatable bonds is 6. The summed E-state index contributed by atoms with van der Waals surface area (Å²) < 4.78 is 64.9. The summed E-state index contributed by atoms with van der Waals surface area (Å²) in [5, 5.41) is -3.51. The van der Waals surface area contributed by atoms with E-state index in [1.54, 1.807) is 0 Å². The van der Waals surface area contributed by atoms with Crippen LogP contribution in [0, 0.1) is 0 Å². The lowest BCUT2D eigenvalue weighted by atomic mass is 10.1. The summed E-state index contributed by atoms with van der Waals surface area (Å²) in [6.45, 7) is 3.13. The first kappa shape index (κ1) is 20.5. The lowest BCUT2D eigenvalue weighted by Crippen LogP contribution is -2.34. The number of carbonyl (C=O) groups excluding carboxylic acids is 2. The van der Waals surface area contributed by atoms with E-state index >= 15 is 0 Å². The van der Waals surface area contributed by atoms with E-state index in [0.29, 0.717) is 10.8 Å². The van der Waals surface area contributed by atoms with Gasteiger partial charge in [-0.1, -0.05) is 18.7 Å². The molecule has 0 amide bonds. The molecule has 10 heteroatoms.